The molecular formula is C17H18NO+. The number of hydrogen-bond donors (Lipinski definition) is 0. The van der Waals surface area contributed by atoms with Crippen LogP contribution in [0, 0.1) is 6.92 Å². The van der Waals surface area contributed by atoms with Gasteiger partial charge in [0.25, 0.3) is 0 Å². The van der Waals surface area contributed by atoms with Crippen molar-refractivity contribution >= 4 is 0 Å². The zero-order chi connectivity index (χ0) is 13.0. The second-order valence-electron chi connectivity index (χ2n) is 5.90. The maximum atomic E-state index is 6.08. The minimum Gasteiger partial charge on any atom is -0.491 e. The van der Waals surface area contributed by atoms with Crippen LogP contribution in [0.25, 0.3) is 11.3 Å². The molecule has 0 radical (unpaired) electrons. The molecule has 4 rings (SSSR count). The Labute approximate surface area is 113 Å². The third kappa shape index (κ3) is 1.46. The number of fused-ring (bicyclic) bond motifs is 2. The number of aromatic nitrogens is 1. The summed E-state index contributed by atoms with van der Waals surface area (Å²) in [5.41, 5.74) is 5.57. The first-order chi connectivity index (χ1) is 9.21. The fraction of sp³-hybridized carbons (Fsp3) is 0.353. The van der Waals surface area contributed by atoms with E-state index in [2.05, 4.69) is 55.1 Å². The molecule has 96 valence electrons. The Morgan fingerprint density at radius 2 is 2.00 bits per heavy atom. The highest BCUT2D eigenvalue weighted by atomic mass is 16.5. The lowest BCUT2D eigenvalue weighted by Gasteiger charge is -2.10. The Kier molecular flexibility index (Phi) is 2.09. The molecule has 1 spiro atoms. The van der Waals surface area contributed by atoms with Gasteiger partial charge < -0.3 is 4.74 Å². The Morgan fingerprint density at radius 3 is 2.74 bits per heavy atom. The molecule has 19 heavy (non-hydrogen) atoms. The van der Waals surface area contributed by atoms with Crippen LogP contribution < -0.4 is 9.30 Å². The van der Waals surface area contributed by atoms with Crippen LogP contribution in [0.1, 0.15) is 24.0 Å². The molecule has 0 unspecified atom stereocenters. The van der Waals surface area contributed by atoms with Crippen LogP contribution in [0.5, 0.6) is 5.75 Å². The Balaban J connectivity index is 1.99. The number of benzene rings is 1. The van der Waals surface area contributed by atoms with Crippen molar-refractivity contribution in [3.8, 4) is 17.0 Å². The SMILES string of the molecule is Cc1ccc2c(c1-c1cccc[n+]1C)OCC21CC1. The molecule has 1 aromatic heterocycles. The fourth-order valence-electron chi connectivity index (χ4n) is 3.20. The van der Waals surface area contributed by atoms with Gasteiger partial charge in [0.15, 0.2) is 6.20 Å². The molecule has 2 heteroatoms. The van der Waals surface area contributed by atoms with Gasteiger partial charge in [-0.2, -0.15) is 0 Å². The van der Waals surface area contributed by atoms with E-state index >= 15 is 0 Å². The molecule has 1 saturated carbocycles. The van der Waals surface area contributed by atoms with Gasteiger partial charge in [0.1, 0.15) is 12.8 Å². The summed E-state index contributed by atoms with van der Waals surface area (Å²) in [5.74, 6) is 1.12. The van der Waals surface area contributed by atoms with E-state index in [4.69, 9.17) is 4.74 Å². The lowest BCUT2D eigenvalue weighted by molar-refractivity contribution is -0.660. The normalized spacial score (nSPS) is 18.2. The predicted octanol–water partition coefficient (Wildman–Crippen LogP) is 2.91. The molecule has 0 N–H and O–H groups in total. The van der Waals surface area contributed by atoms with Crippen LogP contribution in [0.4, 0.5) is 0 Å². The highest BCUT2D eigenvalue weighted by molar-refractivity contribution is 5.73. The van der Waals surface area contributed by atoms with Gasteiger partial charge in [-0.25, -0.2) is 4.57 Å². The first-order valence-electron chi connectivity index (χ1n) is 6.93. The smallest absolute Gasteiger partial charge is 0.216 e. The van der Waals surface area contributed by atoms with Crippen LogP contribution in [0.2, 0.25) is 0 Å². The maximum Gasteiger partial charge on any atom is 0.216 e. The van der Waals surface area contributed by atoms with E-state index in [0.29, 0.717) is 5.41 Å². The van der Waals surface area contributed by atoms with Crippen molar-refractivity contribution in [1.29, 1.82) is 0 Å². The van der Waals surface area contributed by atoms with Crippen molar-refractivity contribution in [2.24, 2.45) is 7.05 Å². The second kappa shape index (κ2) is 3.60. The average Bonchev–Trinajstić information content (AvgIpc) is 3.09. The summed E-state index contributed by atoms with van der Waals surface area (Å²) >= 11 is 0. The van der Waals surface area contributed by atoms with Crippen molar-refractivity contribution in [2.75, 3.05) is 6.61 Å². The van der Waals surface area contributed by atoms with Gasteiger partial charge in [0.2, 0.25) is 5.69 Å². The van der Waals surface area contributed by atoms with Gasteiger partial charge in [-0.15, -0.1) is 0 Å². The lowest BCUT2D eigenvalue weighted by atomic mass is 9.93. The van der Waals surface area contributed by atoms with Crippen molar-refractivity contribution in [1.82, 2.24) is 0 Å². The number of nitrogens with zero attached hydrogens (tertiary/aromatic N) is 1. The summed E-state index contributed by atoms with van der Waals surface area (Å²) in [5, 5.41) is 0. The van der Waals surface area contributed by atoms with Crippen LogP contribution in [0.15, 0.2) is 36.5 Å². The number of rotatable bonds is 1. The van der Waals surface area contributed by atoms with Crippen LogP contribution in [0.3, 0.4) is 0 Å². The van der Waals surface area contributed by atoms with E-state index in [9.17, 15) is 0 Å². The topological polar surface area (TPSA) is 13.1 Å². The third-order valence-corrected chi connectivity index (χ3v) is 4.59. The van der Waals surface area contributed by atoms with E-state index in [1.807, 2.05) is 0 Å². The summed E-state index contributed by atoms with van der Waals surface area (Å²) < 4.78 is 8.25. The van der Waals surface area contributed by atoms with Gasteiger partial charge >= 0.3 is 0 Å². The zero-order valence-corrected chi connectivity index (χ0v) is 11.4. The van der Waals surface area contributed by atoms with E-state index < -0.39 is 0 Å². The maximum absolute atomic E-state index is 6.08. The highest BCUT2D eigenvalue weighted by Crippen LogP contribution is 2.57. The van der Waals surface area contributed by atoms with Gasteiger partial charge in [0.05, 0.1) is 12.2 Å². The van der Waals surface area contributed by atoms with Gasteiger partial charge in [-0.05, 0) is 31.4 Å². The third-order valence-electron chi connectivity index (χ3n) is 4.59. The van der Waals surface area contributed by atoms with Crippen molar-refractivity contribution in [2.45, 2.75) is 25.2 Å². The highest BCUT2D eigenvalue weighted by Gasteiger charge is 2.51. The number of ether oxygens (including phenoxy) is 1. The molecular weight excluding hydrogens is 234 g/mol. The Morgan fingerprint density at radius 1 is 1.16 bits per heavy atom. The van der Waals surface area contributed by atoms with Gasteiger partial charge in [0, 0.05) is 23.1 Å². The molecule has 2 heterocycles. The van der Waals surface area contributed by atoms with Crippen LogP contribution in [-0.4, -0.2) is 6.61 Å². The summed E-state index contributed by atoms with van der Waals surface area (Å²) in [6.45, 7) is 3.04. The van der Waals surface area contributed by atoms with E-state index in [1.54, 1.807) is 0 Å². The number of pyridine rings is 1. The monoisotopic (exact) mass is 252 g/mol. The second-order valence-corrected chi connectivity index (χ2v) is 5.90. The number of hydrogen-bond acceptors (Lipinski definition) is 1. The molecule has 0 saturated heterocycles. The number of aryl methyl sites for hydroxylation is 2. The van der Waals surface area contributed by atoms with Gasteiger partial charge in [-0.3, -0.25) is 0 Å². The molecule has 2 aromatic rings. The van der Waals surface area contributed by atoms with Crippen LogP contribution in [-0.2, 0) is 12.5 Å². The molecule has 0 bridgehead atoms. The van der Waals surface area contributed by atoms with Crippen LogP contribution >= 0.6 is 0 Å². The quantitative estimate of drug-likeness (QED) is 0.711. The molecule has 0 amide bonds. The van der Waals surface area contributed by atoms with Crippen molar-refractivity contribution in [3.63, 3.8) is 0 Å². The summed E-state index contributed by atoms with van der Waals surface area (Å²) in [6, 6.07) is 10.8. The van der Waals surface area contributed by atoms with Crippen molar-refractivity contribution < 1.29 is 9.30 Å². The zero-order valence-electron chi connectivity index (χ0n) is 11.4. The van der Waals surface area contributed by atoms with E-state index in [0.717, 1.165) is 12.4 Å². The van der Waals surface area contributed by atoms with E-state index in [1.165, 1.54) is 35.2 Å². The Hall–Kier alpha value is -1.83. The Bertz CT molecular complexity index is 671. The first kappa shape index (κ1) is 11.0. The summed E-state index contributed by atoms with van der Waals surface area (Å²) in [7, 11) is 2.09. The average molecular weight is 252 g/mol. The summed E-state index contributed by atoms with van der Waals surface area (Å²) in [6.07, 6.45) is 4.66. The van der Waals surface area contributed by atoms with E-state index in [-0.39, 0.29) is 0 Å². The lowest BCUT2D eigenvalue weighted by Crippen LogP contribution is -2.30. The summed E-state index contributed by atoms with van der Waals surface area (Å²) in [4.78, 5) is 0. The minimum absolute atomic E-state index is 0.352. The molecule has 1 aliphatic carbocycles. The standard InChI is InChI=1S/C17H18NO/c1-12-6-7-13-16(19-11-17(13)8-9-17)15(12)14-5-3-4-10-18(14)2/h3-7,10H,8-9,11H2,1-2H3/q+1. The fourth-order valence-corrected chi connectivity index (χ4v) is 3.20. The molecule has 2 aliphatic rings. The minimum atomic E-state index is 0.352. The molecule has 1 aliphatic heterocycles. The molecule has 1 fully saturated rings. The van der Waals surface area contributed by atoms with Crippen molar-refractivity contribution in [3.05, 3.63) is 47.7 Å². The largest absolute Gasteiger partial charge is 0.491 e. The first-order valence-corrected chi connectivity index (χ1v) is 6.93. The van der Waals surface area contributed by atoms with Gasteiger partial charge in [-0.1, -0.05) is 12.1 Å². The molecule has 1 aromatic carbocycles. The molecule has 0 atom stereocenters. The predicted molar refractivity (Wildman–Crippen MR) is 74.2 cm³/mol. The molecule has 2 nitrogen and oxygen atoms in total.